The molecule has 1 aliphatic carbocycles. The lowest BCUT2D eigenvalue weighted by molar-refractivity contribution is -0.922. The van der Waals surface area contributed by atoms with E-state index in [0.717, 1.165) is 67.5 Å². The average Bonchev–Trinajstić information content (AvgIpc) is 3.22. The Morgan fingerprint density at radius 2 is 2.12 bits per heavy atom. The highest BCUT2D eigenvalue weighted by molar-refractivity contribution is 7.19. The molecule has 2 aliphatic rings. The number of carbonyl (C=O) groups excluding carboxylic acids is 1. The highest BCUT2D eigenvalue weighted by atomic mass is 32.1. The molecule has 0 aromatic carbocycles. The van der Waals surface area contributed by atoms with Crippen LogP contribution in [0.1, 0.15) is 22.7 Å². The molecule has 1 amide bonds. The van der Waals surface area contributed by atoms with Crippen LogP contribution in [0.2, 0.25) is 0 Å². The molecule has 0 radical (unpaired) electrons. The van der Waals surface area contributed by atoms with Crippen molar-refractivity contribution in [2.45, 2.75) is 25.8 Å². The van der Waals surface area contributed by atoms with Crippen molar-refractivity contribution in [1.82, 2.24) is 15.3 Å². The number of likely N-dealkylation sites (N-methyl/N-ethyl adjacent to an activating group) is 2. The van der Waals surface area contributed by atoms with Crippen LogP contribution in [0, 0.1) is 0 Å². The van der Waals surface area contributed by atoms with Gasteiger partial charge in [-0.25, -0.2) is 9.97 Å². The van der Waals surface area contributed by atoms with Crippen LogP contribution in [0.5, 0.6) is 0 Å². The van der Waals surface area contributed by atoms with E-state index in [1.54, 1.807) is 18.4 Å². The number of anilines is 1. The molecule has 1 saturated heterocycles. The van der Waals surface area contributed by atoms with Crippen molar-refractivity contribution in [1.29, 1.82) is 0 Å². The molecule has 2 aromatic heterocycles. The molecule has 0 unspecified atom stereocenters. The Bertz CT molecular complexity index is 816. The number of rotatable bonds is 5. The number of ether oxygens (including phenoxy) is 1. The first-order chi connectivity index (χ1) is 12.7. The van der Waals surface area contributed by atoms with Gasteiger partial charge in [0.2, 0.25) is 5.91 Å². The summed E-state index contributed by atoms with van der Waals surface area (Å²) in [5.41, 5.74) is 1.40. The van der Waals surface area contributed by atoms with Crippen LogP contribution in [0.3, 0.4) is 0 Å². The molecule has 2 N–H and O–H groups in total. The quantitative estimate of drug-likeness (QED) is 0.755. The van der Waals surface area contributed by atoms with Crippen molar-refractivity contribution < 1.29 is 14.4 Å². The Morgan fingerprint density at radius 3 is 2.88 bits per heavy atom. The van der Waals surface area contributed by atoms with Gasteiger partial charge in [-0.05, 0) is 24.8 Å². The molecule has 0 bridgehead atoms. The molecule has 26 heavy (non-hydrogen) atoms. The van der Waals surface area contributed by atoms with Crippen molar-refractivity contribution in [3.63, 3.8) is 0 Å². The standard InChI is InChI=1S/C18H25N5O2S/c1-19-15(24)11-22(2)17-16-12-4-3-5-13(12)26-18(16)21-14(20-17)10-23-6-8-25-9-7-23/h3-11H2,1-2H3,(H,19,24)/p+1. The summed E-state index contributed by atoms with van der Waals surface area (Å²) in [6, 6.07) is 0. The van der Waals surface area contributed by atoms with Gasteiger partial charge in [-0.2, -0.15) is 0 Å². The van der Waals surface area contributed by atoms with E-state index in [2.05, 4.69) is 5.32 Å². The normalized spacial score (nSPS) is 17.5. The van der Waals surface area contributed by atoms with Crippen LogP contribution in [-0.2, 0) is 28.9 Å². The lowest BCUT2D eigenvalue weighted by atomic mass is 10.2. The second kappa shape index (κ2) is 7.46. The van der Waals surface area contributed by atoms with Crippen LogP contribution >= 0.6 is 11.3 Å². The second-order valence-corrected chi connectivity index (χ2v) is 8.15. The summed E-state index contributed by atoms with van der Waals surface area (Å²) >= 11 is 1.81. The summed E-state index contributed by atoms with van der Waals surface area (Å²) in [5.74, 6) is 1.76. The average molecular weight is 377 g/mol. The number of nitrogens with one attached hydrogen (secondary N) is 2. The third-order valence-corrected chi connectivity index (χ3v) is 6.41. The monoisotopic (exact) mass is 376 g/mol. The Balaban J connectivity index is 1.71. The fourth-order valence-corrected chi connectivity index (χ4v) is 5.08. The molecule has 2 aromatic rings. The second-order valence-electron chi connectivity index (χ2n) is 7.07. The maximum Gasteiger partial charge on any atom is 0.239 e. The lowest BCUT2D eigenvalue weighted by Crippen LogP contribution is -3.12. The minimum Gasteiger partial charge on any atom is -0.370 e. The highest BCUT2D eigenvalue weighted by Crippen LogP contribution is 2.40. The molecular weight excluding hydrogens is 350 g/mol. The van der Waals surface area contributed by atoms with Gasteiger partial charge >= 0.3 is 0 Å². The summed E-state index contributed by atoms with van der Waals surface area (Å²) in [7, 11) is 3.61. The SMILES string of the molecule is CNC(=O)CN(C)c1nc(C[NH+]2CCOCC2)nc2sc3c(c12)CCC3. The van der Waals surface area contributed by atoms with Crippen LogP contribution < -0.4 is 15.1 Å². The zero-order valence-corrected chi connectivity index (χ0v) is 16.2. The topological polar surface area (TPSA) is 71.8 Å². The van der Waals surface area contributed by atoms with Crippen molar-refractivity contribution in [3.05, 3.63) is 16.3 Å². The molecule has 8 heteroatoms. The fraction of sp³-hybridized carbons (Fsp3) is 0.611. The summed E-state index contributed by atoms with van der Waals surface area (Å²) < 4.78 is 5.45. The van der Waals surface area contributed by atoms with E-state index in [0.29, 0.717) is 6.54 Å². The van der Waals surface area contributed by atoms with Gasteiger partial charge in [-0.3, -0.25) is 4.79 Å². The molecule has 140 valence electrons. The van der Waals surface area contributed by atoms with Gasteiger partial charge in [0.25, 0.3) is 0 Å². The lowest BCUT2D eigenvalue weighted by Gasteiger charge is -2.24. The minimum absolute atomic E-state index is 0.00788. The number of hydrogen-bond donors (Lipinski definition) is 2. The van der Waals surface area contributed by atoms with E-state index in [1.165, 1.54) is 21.8 Å². The molecule has 3 heterocycles. The third kappa shape index (κ3) is 3.41. The van der Waals surface area contributed by atoms with Crippen LogP contribution in [-0.4, -0.2) is 62.8 Å². The van der Waals surface area contributed by atoms with Crippen LogP contribution in [0.25, 0.3) is 10.2 Å². The van der Waals surface area contributed by atoms with E-state index < -0.39 is 0 Å². The molecule has 0 spiro atoms. The maximum atomic E-state index is 11.9. The smallest absolute Gasteiger partial charge is 0.239 e. The molecule has 1 fully saturated rings. The van der Waals surface area contributed by atoms with Gasteiger partial charge in [0.15, 0.2) is 5.82 Å². The first-order valence-corrected chi connectivity index (χ1v) is 10.1. The molecule has 1 aliphatic heterocycles. The number of morpholine rings is 1. The van der Waals surface area contributed by atoms with Gasteiger partial charge in [0, 0.05) is 19.0 Å². The molecule has 0 atom stereocenters. The minimum atomic E-state index is -0.00788. The number of aryl methyl sites for hydroxylation is 2. The largest absolute Gasteiger partial charge is 0.370 e. The predicted molar refractivity (Wildman–Crippen MR) is 102 cm³/mol. The van der Waals surface area contributed by atoms with Gasteiger partial charge in [-0.1, -0.05) is 0 Å². The maximum absolute atomic E-state index is 11.9. The summed E-state index contributed by atoms with van der Waals surface area (Å²) in [4.78, 5) is 27.6. The van der Waals surface area contributed by atoms with Crippen molar-refractivity contribution in [2.75, 3.05) is 51.8 Å². The summed E-state index contributed by atoms with van der Waals surface area (Å²) in [6.07, 6.45) is 3.43. The molecular formula is C18H26N5O2S+. The van der Waals surface area contributed by atoms with Crippen molar-refractivity contribution in [2.24, 2.45) is 0 Å². The van der Waals surface area contributed by atoms with E-state index in [1.807, 2.05) is 11.9 Å². The Hall–Kier alpha value is -1.77. The van der Waals surface area contributed by atoms with E-state index in [9.17, 15) is 4.79 Å². The molecule has 4 rings (SSSR count). The Kier molecular flexibility index (Phi) is 5.06. The van der Waals surface area contributed by atoms with E-state index in [4.69, 9.17) is 14.7 Å². The van der Waals surface area contributed by atoms with Gasteiger partial charge in [0.1, 0.15) is 30.3 Å². The molecule has 7 nitrogen and oxygen atoms in total. The van der Waals surface area contributed by atoms with Gasteiger partial charge in [-0.15, -0.1) is 11.3 Å². The Labute approximate surface area is 157 Å². The summed E-state index contributed by atoms with van der Waals surface area (Å²) in [6.45, 7) is 4.69. The fourth-order valence-electron chi connectivity index (χ4n) is 3.80. The number of nitrogens with zero attached hydrogens (tertiary/aromatic N) is 3. The van der Waals surface area contributed by atoms with Gasteiger partial charge in [0.05, 0.1) is 25.1 Å². The van der Waals surface area contributed by atoms with Gasteiger partial charge < -0.3 is 19.9 Å². The summed E-state index contributed by atoms with van der Waals surface area (Å²) in [5, 5.41) is 3.86. The van der Waals surface area contributed by atoms with Crippen molar-refractivity contribution in [3.8, 4) is 0 Å². The first kappa shape index (κ1) is 17.6. The number of quaternary nitrogens is 1. The number of amides is 1. The van der Waals surface area contributed by atoms with E-state index in [-0.39, 0.29) is 5.91 Å². The van der Waals surface area contributed by atoms with Crippen molar-refractivity contribution >= 4 is 33.3 Å². The number of carbonyl (C=O) groups is 1. The number of thiophene rings is 1. The molecule has 0 saturated carbocycles. The third-order valence-electron chi connectivity index (χ3n) is 5.22. The number of hydrogen-bond acceptors (Lipinski definition) is 6. The van der Waals surface area contributed by atoms with Crippen LogP contribution in [0.4, 0.5) is 5.82 Å². The zero-order valence-electron chi connectivity index (χ0n) is 15.4. The number of aromatic nitrogens is 2. The predicted octanol–water partition coefficient (Wildman–Crippen LogP) is -0.223. The van der Waals surface area contributed by atoms with Crippen LogP contribution in [0.15, 0.2) is 0 Å². The first-order valence-electron chi connectivity index (χ1n) is 9.30. The number of fused-ring (bicyclic) bond motifs is 3. The highest BCUT2D eigenvalue weighted by Gasteiger charge is 2.25. The zero-order chi connectivity index (χ0) is 18.1. The van der Waals surface area contributed by atoms with E-state index >= 15 is 0 Å². The Morgan fingerprint density at radius 1 is 1.31 bits per heavy atom.